The van der Waals surface area contributed by atoms with Crippen LogP contribution >= 0.6 is 15.9 Å². The summed E-state index contributed by atoms with van der Waals surface area (Å²) in [4.78, 5) is 4.85. The van der Waals surface area contributed by atoms with E-state index in [9.17, 15) is 0 Å². The monoisotopic (exact) mass is 311 g/mol. The largest absolute Gasteiger partial charge is 0.373 e. The molecule has 0 unspecified atom stereocenters. The Morgan fingerprint density at radius 2 is 2.06 bits per heavy atom. The van der Waals surface area contributed by atoms with Gasteiger partial charge in [0.25, 0.3) is 0 Å². The first kappa shape index (κ1) is 13.8. The fourth-order valence-corrected chi connectivity index (χ4v) is 2.89. The van der Waals surface area contributed by atoms with Crippen LogP contribution in [0.2, 0.25) is 0 Å². The maximum atomic E-state index is 5.67. The smallest absolute Gasteiger partial charge is 0.0375 e. The van der Waals surface area contributed by atoms with Gasteiger partial charge in [0.2, 0.25) is 0 Å². The third kappa shape index (κ3) is 3.46. The molecular formula is C14H22BrN3. The summed E-state index contributed by atoms with van der Waals surface area (Å²) in [6, 6.07) is 6.41. The minimum absolute atomic E-state index is 0.582. The number of rotatable bonds is 5. The number of nitrogens with two attached hydrogens (primary N) is 1. The summed E-state index contributed by atoms with van der Waals surface area (Å²) in [5.74, 6) is 0. The lowest BCUT2D eigenvalue weighted by Gasteiger charge is -2.23. The number of likely N-dealkylation sites (tertiary alicyclic amines) is 1. The van der Waals surface area contributed by atoms with E-state index in [0.29, 0.717) is 6.54 Å². The second-order valence-electron chi connectivity index (χ2n) is 4.95. The van der Waals surface area contributed by atoms with E-state index in [1.54, 1.807) is 0 Å². The maximum Gasteiger partial charge on any atom is 0.0375 e. The zero-order valence-electron chi connectivity index (χ0n) is 11.0. The number of hydrogen-bond donors (Lipinski definition) is 1. The lowest BCUT2D eigenvalue weighted by molar-refractivity contribution is 0.346. The number of likely N-dealkylation sites (N-methyl/N-ethyl adjacent to an activating group) is 1. The summed E-state index contributed by atoms with van der Waals surface area (Å²) in [5, 5.41) is 0. The predicted octanol–water partition coefficient (Wildman–Crippen LogP) is 2.44. The highest BCUT2D eigenvalue weighted by molar-refractivity contribution is 9.10. The Hall–Kier alpha value is -0.580. The average Bonchev–Trinajstić information content (AvgIpc) is 2.89. The summed E-state index contributed by atoms with van der Waals surface area (Å²) < 4.78 is 1.11. The molecule has 1 heterocycles. The van der Waals surface area contributed by atoms with E-state index < -0.39 is 0 Å². The number of hydrogen-bond acceptors (Lipinski definition) is 3. The molecule has 1 aromatic rings. The molecule has 0 bridgehead atoms. The Morgan fingerprint density at radius 3 is 2.67 bits per heavy atom. The molecule has 1 fully saturated rings. The second kappa shape index (κ2) is 6.55. The van der Waals surface area contributed by atoms with E-state index >= 15 is 0 Å². The van der Waals surface area contributed by atoms with Crippen LogP contribution in [0.1, 0.15) is 18.4 Å². The van der Waals surface area contributed by atoms with Crippen LogP contribution in [0.5, 0.6) is 0 Å². The van der Waals surface area contributed by atoms with Gasteiger partial charge in [0.05, 0.1) is 0 Å². The first-order valence-electron chi connectivity index (χ1n) is 6.62. The van der Waals surface area contributed by atoms with Crippen molar-refractivity contribution in [1.29, 1.82) is 0 Å². The highest BCUT2D eigenvalue weighted by Crippen LogP contribution is 2.23. The van der Waals surface area contributed by atoms with Gasteiger partial charge in [-0.15, -0.1) is 0 Å². The maximum absolute atomic E-state index is 5.67. The molecule has 1 aliphatic heterocycles. The normalized spacial score (nSPS) is 16.2. The molecular weight excluding hydrogens is 290 g/mol. The van der Waals surface area contributed by atoms with E-state index in [1.807, 2.05) is 0 Å². The molecule has 4 heteroatoms. The molecule has 0 aromatic heterocycles. The van der Waals surface area contributed by atoms with Crippen LogP contribution in [0.3, 0.4) is 0 Å². The quantitative estimate of drug-likeness (QED) is 0.906. The molecule has 0 aliphatic carbocycles. The standard InChI is InChI=1S/C14H22BrN3/c1-17(8-9-18-6-2-3-7-18)13-5-4-12(11-16)14(15)10-13/h4-5,10H,2-3,6-9,11,16H2,1H3. The van der Waals surface area contributed by atoms with Gasteiger partial charge >= 0.3 is 0 Å². The fourth-order valence-electron chi connectivity index (χ4n) is 2.37. The van der Waals surface area contributed by atoms with E-state index in [2.05, 4.69) is 51.0 Å². The molecule has 0 saturated carbocycles. The lowest BCUT2D eigenvalue weighted by atomic mass is 10.2. The van der Waals surface area contributed by atoms with Gasteiger partial charge in [-0.25, -0.2) is 0 Å². The number of nitrogens with zero attached hydrogens (tertiary/aromatic N) is 2. The van der Waals surface area contributed by atoms with Gasteiger partial charge in [-0.05, 0) is 43.6 Å². The molecule has 1 aliphatic rings. The molecule has 2 N–H and O–H groups in total. The first-order valence-corrected chi connectivity index (χ1v) is 7.42. The predicted molar refractivity (Wildman–Crippen MR) is 81.0 cm³/mol. The van der Waals surface area contributed by atoms with Crippen LogP contribution in [-0.2, 0) is 6.54 Å². The SMILES string of the molecule is CN(CCN1CCCC1)c1ccc(CN)c(Br)c1. The van der Waals surface area contributed by atoms with Crippen LogP contribution in [0.25, 0.3) is 0 Å². The average molecular weight is 312 g/mol. The molecule has 18 heavy (non-hydrogen) atoms. The Balaban J connectivity index is 1.91. The van der Waals surface area contributed by atoms with Crippen LogP contribution in [0.4, 0.5) is 5.69 Å². The molecule has 0 radical (unpaired) electrons. The van der Waals surface area contributed by atoms with Crippen molar-refractivity contribution in [1.82, 2.24) is 4.90 Å². The van der Waals surface area contributed by atoms with Gasteiger partial charge in [-0.3, -0.25) is 0 Å². The van der Waals surface area contributed by atoms with E-state index in [1.165, 1.54) is 31.6 Å². The fraction of sp³-hybridized carbons (Fsp3) is 0.571. The topological polar surface area (TPSA) is 32.5 Å². The van der Waals surface area contributed by atoms with Crippen molar-refractivity contribution in [2.24, 2.45) is 5.73 Å². The molecule has 100 valence electrons. The minimum atomic E-state index is 0.582. The number of benzene rings is 1. The van der Waals surface area contributed by atoms with E-state index in [4.69, 9.17) is 5.73 Å². The van der Waals surface area contributed by atoms with Crippen LogP contribution < -0.4 is 10.6 Å². The molecule has 2 rings (SSSR count). The highest BCUT2D eigenvalue weighted by Gasteiger charge is 2.12. The van der Waals surface area contributed by atoms with Crippen molar-refractivity contribution in [3.63, 3.8) is 0 Å². The molecule has 0 amide bonds. The van der Waals surface area contributed by atoms with E-state index in [0.717, 1.165) is 23.1 Å². The Labute approximate surface area is 118 Å². The molecule has 0 spiro atoms. The molecule has 1 aromatic carbocycles. The molecule has 1 saturated heterocycles. The number of anilines is 1. The Kier molecular flexibility index (Phi) is 5.03. The van der Waals surface area contributed by atoms with E-state index in [-0.39, 0.29) is 0 Å². The Morgan fingerprint density at radius 1 is 1.33 bits per heavy atom. The van der Waals surface area contributed by atoms with Crippen molar-refractivity contribution in [2.45, 2.75) is 19.4 Å². The lowest BCUT2D eigenvalue weighted by Crippen LogP contribution is -2.31. The van der Waals surface area contributed by atoms with Gasteiger partial charge in [-0.2, -0.15) is 0 Å². The van der Waals surface area contributed by atoms with Crippen molar-refractivity contribution in [3.05, 3.63) is 28.2 Å². The minimum Gasteiger partial charge on any atom is -0.373 e. The first-order chi connectivity index (χ1) is 8.70. The van der Waals surface area contributed by atoms with Crippen molar-refractivity contribution in [2.75, 3.05) is 38.1 Å². The third-order valence-electron chi connectivity index (χ3n) is 3.65. The summed E-state index contributed by atoms with van der Waals surface area (Å²) in [5.41, 5.74) is 8.08. The zero-order chi connectivity index (χ0) is 13.0. The summed E-state index contributed by atoms with van der Waals surface area (Å²) in [6.07, 6.45) is 2.72. The van der Waals surface area contributed by atoms with Gasteiger partial charge in [0.15, 0.2) is 0 Å². The number of halogens is 1. The van der Waals surface area contributed by atoms with Crippen molar-refractivity contribution < 1.29 is 0 Å². The summed E-state index contributed by atoms with van der Waals surface area (Å²) >= 11 is 3.58. The third-order valence-corrected chi connectivity index (χ3v) is 4.39. The van der Waals surface area contributed by atoms with Crippen LogP contribution in [0, 0.1) is 0 Å². The highest BCUT2D eigenvalue weighted by atomic mass is 79.9. The van der Waals surface area contributed by atoms with Gasteiger partial charge in [0, 0.05) is 36.8 Å². The van der Waals surface area contributed by atoms with Gasteiger partial charge in [-0.1, -0.05) is 22.0 Å². The second-order valence-corrected chi connectivity index (χ2v) is 5.80. The van der Waals surface area contributed by atoms with Crippen molar-refractivity contribution >= 4 is 21.6 Å². The summed E-state index contributed by atoms with van der Waals surface area (Å²) in [7, 11) is 2.15. The Bertz CT molecular complexity index is 389. The van der Waals surface area contributed by atoms with Crippen molar-refractivity contribution in [3.8, 4) is 0 Å². The van der Waals surface area contributed by atoms with Crippen LogP contribution in [-0.4, -0.2) is 38.1 Å². The van der Waals surface area contributed by atoms with Crippen LogP contribution in [0.15, 0.2) is 22.7 Å². The molecule has 3 nitrogen and oxygen atoms in total. The molecule has 0 atom stereocenters. The van der Waals surface area contributed by atoms with Gasteiger partial charge < -0.3 is 15.5 Å². The summed E-state index contributed by atoms with van der Waals surface area (Å²) in [6.45, 7) is 5.35. The zero-order valence-corrected chi connectivity index (χ0v) is 12.6. The van der Waals surface area contributed by atoms with Gasteiger partial charge in [0.1, 0.15) is 0 Å².